The average molecular weight is 310 g/mol. The molecule has 2 fully saturated rings. The Morgan fingerprint density at radius 2 is 2.33 bits per heavy atom. The van der Waals surface area contributed by atoms with Gasteiger partial charge in [-0.2, -0.15) is 0 Å². The van der Waals surface area contributed by atoms with E-state index in [4.69, 9.17) is 4.74 Å². The number of likely N-dealkylation sites (tertiary alicyclic amines) is 1. The molecule has 3 rings (SSSR count). The van der Waals surface area contributed by atoms with E-state index >= 15 is 0 Å². The van der Waals surface area contributed by atoms with Crippen LogP contribution in [-0.4, -0.2) is 66.2 Å². The van der Waals surface area contributed by atoms with E-state index < -0.39 is 6.10 Å². The van der Waals surface area contributed by atoms with Gasteiger partial charge in [0.1, 0.15) is 6.10 Å². The number of β-amino-alcohol motifs (C(OH)–C–C–N with tert-alkyl or cyclic N) is 1. The fourth-order valence-corrected chi connectivity index (χ4v) is 3.79. The standard InChI is InChI=1S/C15H22N2O3S/c18-12(10-17-5-1-4-15(17)19)9-16-6-7-20-13(11-16)14-3-2-8-21-14/h2-3,8,12-13,18H,1,4-7,9-11H2. The van der Waals surface area contributed by atoms with Crippen LogP contribution in [-0.2, 0) is 9.53 Å². The highest BCUT2D eigenvalue weighted by molar-refractivity contribution is 7.10. The van der Waals surface area contributed by atoms with Crippen LogP contribution in [0.4, 0.5) is 0 Å². The zero-order valence-corrected chi connectivity index (χ0v) is 12.9. The number of ether oxygens (including phenoxy) is 1. The summed E-state index contributed by atoms with van der Waals surface area (Å²) < 4.78 is 5.81. The molecule has 2 aliphatic rings. The number of aliphatic hydroxyl groups excluding tert-OH is 1. The van der Waals surface area contributed by atoms with Crippen LogP contribution in [0.3, 0.4) is 0 Å². The number of nitrogens with zero attached hydrogens (tertiary/aromatic N) is 2. The number of amides is 1. The Labute approximate surface area is 129 Å². The van der Waals surface area contributed by atoms with Crippen molar-refractivity contribution in [3.05, 3.63) is 22.4 Å². The number of carbonyl (C=O) groups excluding carboxylic acids is 1. The van der Waals surface area contributed by atoms with Crippen molar-refractivity contribution in [3.8, 4) is 0 Å². The van der Waals surface area contributed by atoms with Gasteiger partial charge in [-0.15, -0.1) is 11.3 Å². The van der Waals surface area contributed by atoms with Gasteiger partial charge in [0.2, 0.25) is 5.91 Å². The monoisotopic (exact) mass is 310 g/mol. The summed E-state index contributed by atoms with van der Waals surface area (Å²) in [7, 11) is 0. The lowest BCUT2D eigenvalue weighted by Crippen LogP contribution is -2.45. The molecule has 2 atom stereocenters. The van der Waals surface area contributed by atoms with Crippen LogP contribution in [0.2, 0.25) is 0 Å². The van der Waals surface area contributed by atoms with E-state index in [2.05, 4.69) is 16.3 Å². The molecule has 1 N–H and O–H groups in total. The molecule has 21 heavy (non-hydrogen) atoms. The maximum absolute atomic E-state index is 11.6. The lowest BCUT2D eigenvalue weighted by molar-refractivity contribution is -0.129. The van der Waals surface area contributed by atoms with E-state index in [1.165, 1.54) is 4.88 Å². The molecular formula is C15H22N2O3S. The van der Waals surface area contributed by atoms with Gasteiger partial charge in [-0.3, -0.25) is 9.69 Å². The van der Waals surface area contributed by atoms with Gasteiger partial charge in [-0.25, -0.2) is 0 Å². The zero-order valence-electron chi connectivity index (χ0n) is 12.1. The molecule has 0 aromatic carbocycles. The minimum absolute atomic E-state index is 0.111. The van der Waals surface area contributed by atoms with Gasteiger partial charge >= 0.3 is 0 Å². The molecule has 0 saturated carbocycles. The van der Waals surface area contributed by atoms with Crippen LogP contribution in [0.15, 0.2) is 17.5 Å². The van der Waals surface area contributed by atoms with Gasteiger partial charge < -0.3 is 14.7 Å². The molecule has 0 aliphatic carbocycles. The summed E-state index contributed by atoms with van der Waals surface area (Å²) >= 11 is 1.71. The largest absolute Gasteiger partial charge is 0.390 e. The number of morpholine rings is 1. The van der Waals surface area contributed by atoms with E-state index in [1.807, 2.05) is 6.07 Å². The molecule has 5 nitrogen and oxygen atoms in total. The molecule has 0 spiro atoms. The molecule has 1 aromatic heterocycles. The zero-order chi connectivity index (χ0) is 14.7. The second-order valence-corrected chi connectivity index (χ2v) is 6.71. The summed E-state index contributed by atoms with van der Waals surface area (Å²) in [4.78, 5) is 16.8. The lowest BCUT2D eigenvalue weighted by Gasteiger charge is -2.34. The van der Waals surface area contributed by atoms with E-state index in [0.717, 1.165) is 26.1 Å². The van der Waals surface area contributed by atoms with Crippen LogP contribution < -0.4 is 0 Å². The minimum atomic E-state index is -0.478. The van der Waals surface area contributed by atoms with E-state index in [-0.39, 0.29) is 12.0 Å². The highest BCUT2D eigenvalue weighted by Crippen LogP contribution is 2.26. The van der Waals surface area contributed by atoms with Crippen molar-refractivity contribution in [1.29, 1.82) is 0 Å². The van der Waals surface area contributed by atoms with Crippen LogP contribution in [0, 0.1) is 0 Å². The Morgan fingerprint density at radius 1 is 1.43 bits per heavy atom. The predicted molar refractivity (Wildman–Crippen MR) is 81.3 cm³/mol. The predicted octanol–water partition coefficient (Wildman–Crippen LogP) is 1.10. The molecule has 0 bridgehead atoms. The third-order valence-electron chi connectivity index (χ3n) is 4.08. The third kappa shape index (κ3) is 3.83. The van der Waals surface area contributed by atoms with E-state index in [0.29, 0.717) is 26.1 Å². The van der Waals surface area contributed by atoms with Crippen LogP contribution in [0.5, 0.6) is 0 Å². The molecule has 0 radical (unpaired) electrons. The van der Waals surface area contributed by atoms with Gasteiger partial charge in [0.25, 0.3) is 0 Å². The number of hydrogen-bond acceptors (Lipinski definition) is 5. The normalized spacial score (nSPS) is 25.5. The van der Waals surface area contributed by atoms with Crippen molar-refractivity contribution in [2.45, 2.75) is 25.0 Å². The van der Waals surface area contributed by atoms with Crippen molar-refractivity contribution in [3.63, 3.8) is 0 Å². The highest BCUT2D eigenvalue weighted by atomic mass is 32.1. The first-order chi connectivity index (χ1) is 10.2. The van der Waals surface area contributed by atoms with Gasteiger partial charge in [-0.1, -0.05) is 6.07 Å². The SMILES string of the molecule is O=C1CCCN1CC(O)CN1CCOC(c2cccs2)C1. The molecule has 1 aromatic rings. The Morgan fingerprint density at radius 3 is 3.05 bits per heavy atom. The van der Waals surface area contributed by atoms with Gasteiger partial charge in [0, 0.05) is 44.0 Å². The summed E-state index contributed by atoms with van der Waals surface area (Å²) in [5.41, 5.74) is 0. The summed E-state index contributed by atoms with van der Waals surface area (Å²) in [6, 6.07) is 4.13. The summed E-state index contributed by atoms with van der Waals surface area (Å²) in [5.74, 6) is 0.174. The Kier molecular flexibility index (Phi) is 4.90. The van der Waals surface area contributed by atoms with Crippen molar-refractivity contribution >= 4 is 17.2 Å². The first-order valence-corrected chi connectivity index (χ1v) is 8.43. The maximum Gasteiger partial charge on any atom is 0.222 e. The van der Waals surface area contributed by atoms with Crippen molar-refractivity contribution in [1.82, 2.24) is 9.80 Å². The lowest BCUT2D eigenvalue weighted by atomic mass is 10.2. The van der Waals surface area contributed by atoms with Crippen molar-refractivity contribution in [2.75, 3.05) is 39.3 Å². The molecule has 2 saturated heterocycles. The smallest absolute Gasteiger partial charge is 0.222 e. The molecule has 1 amide bonds. The Balaban J connectivity index is 1.49. The molecule has 2 unspecified atom stereocenters. The number of thiophene rings is 1. The fourth-order valence-electron chi connectivity index (χ4n) is 3.02. The Bertz CT molecular complexity index is 465. The first-order valence-electron chi connectivity index (χ1n) is 7.55. The van der Waals surface area contributed by atoms with Crippen molar-refractivity contribution < 1.29 is 14.6 Å². The molecular weight excluding hydrogens is 288 g/mol. The molecule has 3 heterocycles. The third-order valence-corrected chi connectivity index (χ3v) is 5.05. The van der Waals surface area contributed by atoms with Gasteiger partial charge in [0.15, 0.2) is 0 Å². The summed E-state index contributed by atoms with van der Waals surface area (Å²) in [6.45, 7) is 4.20. The fraction of sp³-hybridized carbons (Fsp3) is 0.667. The topological polar surface area (TPSA) is 53.0 Å². The number of hydrogen-bond donors (Lipinski definition) is 1. The number of rotatable bonds is 5. The summed E-state index contributed by atoms with van der Waals surface area (Å²) in [6.07, 6.45) is 1.18. The second-order valence-electron chi connectivity index (χ2n) is 5.73. The first kappa shape index (κ1) is 15.0. The van der Waals surface area contributed by atoms with E-state index in [1.54, 1.807) is 16.2 Å². The van der Waals surface area contributed by atoms with Crippen LogP contribution in [0.25, 0.3) is 0 Å². The van der Waals surface area contributed by atoms with E-state index in [9.17, 15) is 9.90 Å². The average Bonchev–Trinajstić information content (AvgIpc) is 3.12. The number of aliphatic hydroxyl groups is 1. The summed E-state index contributed by atoms with van der Waals surface area (Å²) in [5, 5.41) is 12.3. The second kappa shape index (κ2) is 6.87. The Hall–Kier alpha value is -0.950. The van der Waals surface area contributed by atoms with Crippen molar-refractivity contribution in [2.24, 2.45) is 0 Å². The minimum Gasteiger partial charge on any atom is -0.390 e. The molecule has 116 valence electrons. The van der Waals surface area contributed by atoms with Crippen LogP contribution in [0.1, 0.15) is 23.8 Å². The quantitative estimate of drug-likeness (QED) is 0.885. The molecule has 6 heteroatoms. The maximum atomic E-state index is 11.6. The van der Waals surface area contributed by atoms with Gasteiger partial charge in [0.05, 0.1) is 12.7 Å². The van der Waals surface area contributed by atoms with Crippen LogP contribution >= 0.6 is 11.3 Å². The highest BCUT2D eigenvalue weighted by Gasteiger charge is 2.27. The number of carbonyl (C=O) groups is 1. The van der Waals surface area contributed by atoms with Gasteiger partial charge in [-0.05, 0) is 17.9 Å². The molecule has 2 aliphatic heterocycles.